The van der Waals surface area contributed by atoms with Gasteiger partial charge in [0.15, 0.2) is 0 Å². The zero-order valence-corrected chi connectivity index (χ0v) is 17.3. The second-order valence-corrected chi connectivity index (χ2v) is 8.14. The maximum Gasteiger partial charge on any atom is 0.120 e. The SMILES string of the molecule is CC[C@@]1(C)C[C@](CCNCc2ccccc2O)(c2ccc(OC)cc2)CCO1. The predicted molar refractivity (Wildman–Crippen MR) is 113 cm³/mol. The van der Waals surface area contributed by atoms with Gasteiger partial charge in [-0.3, -0.25) is 0 Å². The van der Waals surface area contributed by atoms with Crippen LogP contribution in [0.2, 0.25) is 0 Å². The van der Waals surface area contributed by atoms with Gasteiger partial charge in [0.25, 0.3) is 0 Å². The number of aromatic hydroxyl groups is 1. The summed E-state index contributed by atoms with van der Waals surface area (Å²) in [5, 5.41) is 13.5. The lowest BCUT2D eigenvalue weighted by atomic mass is 9.66. The van der Waals surface area contributed by atoms with Crippen LogP contribution < -0.4 is 10.1 Å². The van der Waals surface area contributed by atoms with E-state index in [2.05, 4.69) is 43.4 Å². The molecular formula is C24H33NO3. The summed E-state index contributed by atoms with van der Waals surface area (Å²) in [6, 6.07) is 16.1. The van der Waals surface area contributed by atoms with Gasteiger partial charge in [-0.25, -0.2) is 0 Å². The van der Waals surface area contributed by atoms with Crippen LogP contribution in [0, 0.1) is 0 Å². The summed E-state index contributed by atoms with van der Waals surface area (Å²) in [5.41, 5.74) is 2.30. The van der Waals surface area contributed by atoms with Gasteiger partial charge in [-0.1, -0.05) is 37.3 Å². The monoisotopic (exact) mass is 383 g/mol. The minimum Gasteiger partial charge on any atom is -0.508 e. The lowest BCUT2D eigenvalue weighted by molar-refractivity contribution is -0.0979. The van der Waals surface area contributed by atoms with Crippen LogP contribution in [-0.4, -0.2) is 31.0 Å². The molecule has 28 heavy (non-hydrogen) atoms. The van der Waals surface area contributed by atoms with E-state index in [1.54, 1.807) is 13.2 Å². The Kier molecular flexibility index (Phi) is 6.63. The largest absolute Gasteiger partial charge is 0.508 e. The van der Waals surface area contributed by atoms with Gasteiger partial charge in [-0.15, -0.1) is 0 Å². The number of benzene rings is 2. The first-order valence-corrected chi connectivity index (χ1v) is 10.3. The van der Waals surface area contributed by atoms with Crippen molar-refractivity contribution in [3.63, 3.8) is 0 Å². The molecule has 0 aliphatic carbocycles. The van der Waals surface area contributed by atoms with Gasteiger partial charge in [0.1, 0.15) is 11.5 Å². The lowest BCUT2D eigenvalue weighted by Gasteiger charge is -2.47. The molecule has 1 aliphatic heterocycles. The molecule has 1 saturated heterocycles. The Bertz CT molecular complexity index is 761. The molecule has 0 unspecified atom stereocenters. The van der Waals surface area contributed by atoms with Crippen molar-refractivity contribution in [2.75, 3.05) is 20.3 Å². The number of nitrogens with one attached hydrogen (secondary N) is 1. The standard InChI is InChI=1S/C24H33NO3/c1-4-23(2)18-24(14-16-28-23,20-9-11-21(27-3)12-10-20)13-15-25-17-19-7-5-6-8-22(19)26/h5-12,25-26H,4,13-18H2,1-3H3/t23-,24+/m0/s1. The smallest absolute Gasteiger partial charge is 0.120 e. The van der Waals surface area contributed by atoms with Crippen molar-refractivity contribution < 1.29 is 14.6 Å². The molecule has 0 bridgehead atoms. The van der Waals surface area contributed by atoms with Gasteiger partial charge in [0.05, 0.1) is 12.7 Å². The van der Waals surface area contributed by atoms with Crippen LogP contribution in [0.1, 0.15) is 50.7 Å². The van der Waals surface area contributed by atoms with E-state index >= 15 is 0 Å². The van der Waals surface area contributed by atoms with Crippen molar-refractivity contribution in [2.24, 2.45) is 0 Å². The predicted octanol–water partition coefficient (Wildman–Crippen LogP) is 4.80. The molecule has 0 saturated carbocycles. The minimum atomic E-state index is -0.0874. The van der Waals surface area contributed by atoms with Crippen LogP contribution in [0.5, 0.6) is 11.5 Å². The Morgan fingerprint density at radius 1 is 1.14 bits per heavy atom. The third-order valence-electron chi connectivity index (χ3n) is 6.28. The number of rotatable bonds is 8. The minimum absolute atomic E-state index is 0.0843. The second kappa shape index (κ2) is 8.97. The molecule has 152 valence electrons. The third kappa shape index (κ3) is 4.68. The number of phenolic OH excluding ortho intramolecular Hbond substituents is 1. The first kappa shape index (κ1) is 20.7. The number of para-hydroxylation sites is 1. The van der Waals surface area contributed by atoms with Crippen LogP contribution in [0.25, 0.3) is 0 Å². The number of methoxy groups -OCH3 is 1. The topological polar surface area (TPSA) is 50.7 Å². The first-order chi connectivity index (χ1) is 13.5. The Morgan fingerprint density at radius 2 is 1.89 bits per heavy atom. The van der Waals surface area contributed by atoms with Gasteiger partial charge in [-0.05, 0) is 62.9 Å². The molecule has 4 heteroatoms. The number of ether oxygens (including phenoxy) is 2. The molecule has 1 heterocycles. The van der Waals surface area contributed by atoms with E-state index in [0.29, 0.717) is 12.3 Å². The molecule has 2 N–H and O–H groups in total. The Hall–Kier alpha value is -2.04. The normalized spacial score (nSPS) is 24.8. The first-order valence-electron chi connectivity index (χ1n) is 10.3. The van der Waals surface area contributed by atoms with E-state index in [1.807, 2.05) is 18.2 Å². The molecule has 0 spiro atoms. The Balaban J connectivity index is 1.73. The molecule has 1 aliphatic rings. The van der Waals surface area contributed by atoms with Crippen LogP contribution in [0.3, 0.4) is 0 Å². The van der Waals surface area contributed by atoms with Crippen molar-refractivity contribution in [2.45, 2.75) is 57.1 Å². The third-order valence-corrected chi connectivity index (χ3v) is 6.28. The van der Waals surface area contributed by atoms with E-state index in [-0.39, 0.29) is 11.0 Å². The maximum absolute atomic E-state index is 9.97. The summed E-state index contributed by atoms with van der Waals surface area (Å²) in [4.78, 5) is 0. The molecule has 0 aromatic heterocycles. The lowest BCUT2D eigenvalue weighted by Crippen LogP contribution is -2.46. The highest BCUT2D eigenvalue weighted by atomic mass is 16.5. The van der Waals surface area contributed by atoms with Crippen LogP contribution in [0.15, 0.2) is 48.5 Å². The van der Waals surface area contributed by atoms with Crippen LogP contribution >= 0.6 is 0 Å². The molecule has 4 nitrogen and oxygen atoms in total. The average Bonchev–Trinajstić information content (AvgIpc) is 2.72. The van der Waals surface area contributed by atoms with E-state index in [9.17, 15) is 5.11 Å². The maximum atomic E-state index is 9.97. The summed E-state index contributed by atoms with van der Waals surface area (Å²) < 4.78 is 11.5. The molecule has 3 rings (SSSR count). The Morgan fingerprint density at radius 3 is 2.57 bits per heavy atom. The van der Waals surface area contributed by atoms with Crippen LogP contribution in [-0.2, 0) is 16.7 Å². The summed E-state index contributed by atoms with van der Waals surface area (Å²) in [6.45, 7) is 6.79. The van der Waals surface area contributed by atoms with Crippen molar-refractivity contribution in [1.82, 2.24) is 5.32 Å². The quantitative estimate of drug-likeness (QED) is 0.643. The highest BCUT2D eigenvalue weighted by Gasteiger charge is 2.43. The van der Waals surface area contributed by atoms with E-state index < -0.39 is 0 Å². The van der Waals surface area contributed by atoms with Crippen molar-refractivity contribution in [3.8, 4) is 11.5 Å². The molecule has 2 aromatic rings. The van der Waals surface area contributed by atoms with E-state index in [0.717, 1.165) is 50.1 Å². The summed E-state index contributed by atoms with van der Waals surface area (Å²) in [5.74, 6) is 1.24. The summed E-state index contributed by atoms with van der Waals surface area (Å²) in [6.07, 6.45) is 4.08. The van der Waals surface area contributed by atoms with Gasteiger partial charge < -0.3 is 19.9 Å². The van der Waals surface area contributed by atoms with Crippen molar-refractivity contribution >= 4 is 0 Å². The number of phenols is 1. The molecule has 0 amide bonds. The van der Waals surface area contributed by atoms with Gasteiger partial charge in [-0.2, -0.15) is 0 Å². The molecule has 1 fully saturated rings. The number of hydrogen-bond acceptors (Lipinski definition) is 4. The highest BCUT2D eigenvalue weighted by Crippen LogP contribution is 2.45. The fraction of sp³-hybridized carbons (Fsp3) is 0.500. The fourth-order valence-corrected chi connectivity index (χ4v) is 4.33. The molecular weight excluding hydrogens is 350 g/mol. The molecule has 0 radical (unpaired) electrons. The van der Waals surface area contributed by atoms with E-state index in [1.165, 1.54) is 5.56 Å². The second-order valence-electron chi connectivity index (χ2n) is 8.14. The van der Waals surface area contributed by atoms with Gasteiger partial charge in [0.2, 0.25) is 0 Å². The van der Waals surface area contributed by atoms with Gasteiger partial charge >= 0.3 is 0 Å². The van der Waals surface area contributed by atoms with Gasteiger partial charge in [0, 0.05) is 24.1 Å². The van der Waals surface area contributed by atoms with Crippen molar-refractivity contribution in [1.29, 1.82) is 0 Å². The van der Waals surface area contributed by atoms with Crippen molar-refractivity contribution in [3.05, 3.63) is 59.7 Å². The summed E-state index contributed by atoms with van der Waals surface area (Å²) in [7, 11) is 1.70. The average molecular weight is 384 g/mol. The zero-order chi connectivity index (χ0) is 20.0. The number of hydrogen-bond donors (Lipinski definition) is 2. The fourth-order valence-electron chi connectivity index (χ4n) is 4.33. The Labute approximate surface area is 168 Å². The molecule has 2 atom stereocenters. The zero-order valence-electron chi connectivity index (χ0n) is 17.3. The van der Waals surface area contributed by atoms with Crippen LogP contribution in [0.4, 0.5) is 0 Å². The summed E-state index contributed by atoms with van der Waals surface area (Å²) >= 11 is 0. The van der Waals surface area contributed by atoms with E-state index in [4.69, 9.17) is 9.47 Å². The highest BCUT2D eigenvalue weighted by molar-refractivity contribution is 5.34. The molecule has 2 aromatic carbocycles.